The Morgan fingerprint density at radius 2 is 1.52 bits per heavy atom. The van der Waals surface area contributed by atoms with Gasteiger partial charge in [-0.25, -0.2) is 0 Å². The molecule has 2 amide bonds. The lowest BCUT2D eigenvalue weighted by Crippen LogP contribution is -2.40. The largest absolute Gasteiger partial charge is 0.344 e. The summed E-state index contributed by atoms with van der Waals surface area (Å²) in [4.78, 5) is 27.7. The second-order valence-corrected chi connectivity index (χ2v) is 7.89. The topological polar surface area (TPSA) is 49.4 Å². The highest BCUT2D eigenvalue weighted by atomic mass is 16.2. The molecule has 1 aliphatic rings. The van der Waals surface area contributed by atoms with Gasteiger partial charge in [-0.1, -0.05) is 84.4 Å². The van der Waals surface area contributed by atoms with E-state index in [-0.39, 0.29) is 24.4 Å². The fourth-order valence-corrected chi connectivity index (χ4v) is 4.25. The maximum absolute atomic E-state index is 13.1. The number of nitrogens with one attached hydrogen (secondary N) is 1. The van der Waals surface area contributed by atoms with E-state index < -0.39 is 0 Å². The predicted molar refractivity (Wildman–Crippen MR) is 123 cm³/mol. The minimum Gasteiger partial charge on any atom is -0.344 e. The smallest absolute Gasteiger partial charge is 0.259 e. The van der Waals surface area contributed by atoms with Gasteiger partial charge in [-0.3, -0.25) is 14.5 Å². The van der Waals surface area contributed by atoms with Gasteiger partial charge in [0.25, 0.3) is 5.91 Å². The van der Waals surface area contributed by atoms with Crippen LogP contribution in [0.4, 0.5) is 5.69 Å². The lowest BCUT2D eigenvalue weighted by Gasteiger charge is -2.23. The van der Waals surface area contributed by atoms with Gasteiger partial charge in [0.15, 0.2) is 0 Å². The zero-order valence-corrected chi connectivity index (χ0v) is 17.2. The summed E-state index contributed by atoms with van der Waals surface area (Å²) in [5, 5.41) is 5.07. The van der Waals surface area contributed by atoms with Crippen molar-refractivity contribution in [1.82, 2.24) is 5.32 Å². The number of anilines is 1. The molecule has 1 aliphatic heterocycles. The normalized spacial score (nSPS) is 13.5. The Balaban J connectivity index is 1.43. The van der Waals surface area contributed by atoms with Crippen LogP contribution in [0, 0.1) is 6.92 Å². The lowest BCUT2D eigenvalue weighted by molar-refractivity contribution is -0.120. The molecule has 1 atom stereocenters. The van der Waals surface area contributed by atoms with Gasteiger partial charge in [-0.2, -0.15) is 0 Å². The first-order valence-electron chi connectivity index (χ1n) is 10.4. The third kappa shape index (κ3) is 3.46. The molecule has 1 N–H and O–H groups in total. The van der Waals surface area contributed by atoms with Gasteiger partial charge in [0, 0.05) is 10.9 Å². The van der Waals surface area contributed by atoms with E-state index in [9.17, 15) is 9.59 Å². The van der Waals surface area contributed by atoms with E-state index in [1.54, 1.807) is 4.90 Å². The summed E-state index contributed by atoms with van der Waals surface area (Å²) in [6.07, 6.45) is 0. The molecule has 31 heavy (non-hydrogen) atoms. The Labute approximate surface area is 181 Å². The maximum atomic E-state index is 13.1. The number of benzene rings is 4. The third-order valence-electron chi connectivity index (χ3n) is 5.80. The van der Waals surface area contributed by atoms with Crippen molar-refractivity contribution < 1.29 is 9.59 Å². The van der Waals surface area contributed by atoms with Gasteiger partial charge >= 0.3 is 0 Å². The van der Waals surface area contributed by atoms with Crippen LogP contribution in [-0.2, 0) is 4.79 Å². The van der Waals surface area contributed by atoms with Crippen molar-refractivity contribution in [3.63, 3.8) is 0 Å². The van der Waals surface area contributed by atoms with Crippen molar-refractivity contribution in [3.05, 3.63) is 113 Å². The Morgan fingerprint density at radius 1 is 0.839 bits per heavy atom. The molecule has 1 heterocycles. The molecule has 0 aliphatic carbocycles. The van der Waals surface area contributed by atoms with Gasteiger partial charge in [-0.05, 0) is 35.6 Å². The van der Waals surface area contributed by atoms with E-state index in [0.29, 0.717) is 5.56 Å². The highest BCUT2D eigenvalue weighted by molar-refractivity contribution is 6.26. The SMILES string of the molecule is Cc1ccc([C@@H](NC(=O)CN2C(=O)c3cccc4cccc2c34)c2ccccc2)cc1. The Bertz CT molecular complexity index is 1270. The fourth-order valence-electron chi connectivity index (χ4n) is 4.25. The van der Waals surface area contributed by atoms with Gasteiger partial charge in [-0.15, -0.1) is 0 Å². The van der Waals surface area contributed by atoms with E-state index >= 15 is 0 Å². The Hall–Kier alpha value is -3.92. The van der Waals surface area contributed by atoms with Crippen LogP contribution in [0.15, 0.2) is 91.0 Å². The number of rotatable bonds is 5. The molecule has 5 rings (SSSR count). The molecular formula is C27H22N2O2. The molecule has 0 fully saturated rings. The van der Waals surface area contributed by atoms with Crippen molar-refractivity contribution >= 4 is 28.3 Å². The quantitative estimate of drug-likeness (QED) is 0.506. The molecule has 0 aromatic heterocycles. The molecule has 4 aromatic carbocycles. The molecule has 0 unspecified atom stereocenters. The standard InChI is InChI=1S/C27H22N2O2/c1-18-13-15-21(16-14-18)26(20-7-3-2-4-8-20)28-24(30)17-29-23-12-6-10-19-9-5-11-22(25(19)23)27(29)31/h2-16,26H,17H2,1H3,(H,28,30)/t26-/m0/s1. The molecule has 0 bridgehead atoms. The van der Waals surface area contributed by atoms with Crippen molar-refractivity contribution in [2.75, 3.05) is 11.4 Å². The van der Waals surface area contributed by atoms with Crippen molar-refractivity contribution in [2.45, 2.75) is 13.0 Å². The second-order valence-electron chi connectivity index (χ2n) is 7.89. The second kappa shape index (κ2) is 7.73. The van der Waals surface area contributed by atoms with Gasteiger partial charge < -0.3 is 5.32 Å². The molecule has 4 heteroatoms. The number of carbonyl (C=O) groups is 2. The van der Waals surface area contributed by atoms with E-state index in [1.165, 1.54) is 0 Å². The third-order valence-corrected chi connectivity index (χ3v) is 5.80. The Kier molecular flexibility index (Phi) is 4.75. The van der Waals surface area contributed by atoms with Crippen LogP contribution < -0.4 is 10.2 Å². The summed E-state index contributed by atoms with van der Waals surface area (Å²) in [6.45, 7) is 2.01. The average molecular weight is 406 g/mol. The first-order chi connectivity index (χ1) is 15.1. The van der Waals surface area contributed by atoms with Crippen LogP contribution in [0.25, 0.3) is 10.8 Å². The number of carbonyl (C=O) groups excluding carboxylic acids is 2. The highest BCUT2D eigenvalue weighted by Gasteiger charge is 2.31. The minimum absolute atomic E-state index is 0.0260. The van der Waals surface area contributed by atoms with Crippen molar-refractivity contribution in [2.24, 2.45) is 0 Å². The highest BCUT2D eigenvalue weighted by Crippen LogP contribution is 2.37. The lowest BCUT2D eigenvalue weighted by atomic mass is 9.98. The van der Waals surface area contributed by atoms with Crippen LogP contribution in [0.3, 0.4) is 0 Å². The minimum atomic E-state index is -0.287. The summed E-state index contributed by atoms with van der Waals surface area (Å²) in [7, 11) is 0. The van der Waals surface area contributed by atoms with Crippen LogP contribution >= 0.6 is 0 Å². The summed E-state index contributed by atoms with van der Waals surface area (Å²) in [5.41, 5.74) is 4.61. The van der Waals surface area contributed by atoms with Gasteiger partial charge in [0.1, 0.15) is 6.54 Å². The monoisotopic (exact) mass is 406 g/mol. The number of amides is 2. The van der Waals surface area contributed by atoms with Crippen LogP contribution in [-0.4, -0.2) is 18.4 Å². The molecule has 152 valence electrons. The molecule has 0 saturated carbocycles. The average Bonchev–Trinajstić information content (AvgIpc) is 3.07. The van der Waals surface area contributed by atoms with Crippen molar-refractivity contribution in [1.29, 1.82) is 0 Å². The van der Waals surface area contributed by atoms with E-state index in [2.05, 4.69) is 5.32 Å². The maximum Gasteiger partial charge on any atom is 0.259 e. The summed E-state index contributed by atoms with van der Waals surface area (Å²) in [6, 6.07) is 29.2. The van der Waals surface area contributed by atoms with Crippen LogP contribution in [0.1, 0.15) is 33.1 Å². The zero-order valence-electron chi connectivity index (χ0n) is 17.2. The fraction of sp³-hybridized carbons (Fsp3) is 0.111. The molecule has 0 radical (unpaired) electrons. The first kappa shape index (κ1) is 19.1. The summed E-state index contributed by atoms with van der Waals surface area (Å²) in [5.74, 6) is -0.332. The molecule has 4 nitrogen and oxygen atoms in total. The zero-order chi connectivity index (χ0) is 21.4. The number of aryl methyl sites for hydroxylation is 1. The summed E-state index contributed by atoms with van der Waals surface area (Å²) >= 11 is 0. The number of hydrogen-bond acceptors (Lipinski definition) is 2. The van der Waals surface area contributed by atoms with Crippen LogP contribution in [0.5, 0.6) is 0 Å². The van der Waals surface area contributed by atoms with Gasteiger partial charge in [0.2, 0.25) is 5.91 Å². The first-order valence-corrected chi connectivity index (χ1v) is 10.4. The van der Waals surface area contributed by atoms with E-state index in [4.69, 9.17) is 0 Å². The van der Waals surface area contributed by atoms with E-state index in [1.807, 2.05) is 97.9 Å². The van der Waals surface area contributed by atoms with Crippen molar-refractivity contribution in [3.8, 4) is 0 Å². The Morgan fingerprint density at radius 3 is 2.26 bits per heavy atom. The number of nitrogens with zero attached hydrogens (tertiary/aromatic N) is 1. The van der Waals surface area contributed by atoms with E-state index in [0.717, 1.165) is 33.2 Å². The number of hydrogen-bond donors (Lipinski definition) is 1. The molecule has 0 saturated heterocycles. The molecular weight excluding hydrogens is 384 g/mol. The summed E-state index contributed by atoms with van der Waals surface area (Å²) < 4.78 is 0. The predicted octanol–water partition coefficient (Wildman–Crippen LogP) is 5.01. The molecule has 0 spiro atoms. The van der Waals surface area contributed by atoms with Gasteiger partial charge in [0.05, 0.1) is 11.7 Å². The van der Waals surface area contributed by atoms with Crippen LogP contribution in [0.2, 0.25) is 0 Å². The molecule has 4 aromatic rings.